The van der Waals surface area contributed by atoms with Crippen LogP contribution in [0.15, 0.2) is 35.5 Å². The first-order valence-electron chi connectivity index (χ1n) is 6.09. The average molecular weight is 315 g/mol. The predicted molar refractivity (Wildman–Crippen MR) is 76.5 cm³/mol. The van der Waals surface area contributed by atoms with Crippen molar-refractivity contribution in [3.8, 4) is 5.75 Å². The molecule has 20 heavy (non-hydrogen) atoms. The summed E-state index contributed by atoms with van der Waals surface area (Å²) in [5, 5.41) is 4.15. The van der Waals surface area contributed by atoms with Gasteiger partial charge >= 0.3 is 0 Å². The van der Waals surface area contributed by atoms with Crippen LogP contribution in [0.25, 0.3) is 0 Å². The topological polar surface area (TPSA) is 61.2 Å². The molecule has 0 saturated heterocycles. The van der Waals surface area contributed by atoms with Crippen LogP contribution in [0, 0.1) is 6.92 Å². The van der Waals surface area contributed by atoms with Gasteiger partial charge in [0.15, 0.2) is 0 Å². The largest absolute Gasteiger partial charge is 0.489 e. The second-order valence-electron chi connectivity index (χ2n) is 4.36. The van der Waals surface area contributed by atoms with Gasteiger partial charge in [0, 0.05) is 29.0 Å². The maximum atomic E-state index is 11.3. The molecule has 7 heteroatoms. The summed E-state index contributed by atoms with van der Waals surface area (Å²) in [6.07, 6.45) is 3.65. The lowest BCUT2D eigenvalue weighted by Crippen LogP contribution is -1.98. The van der Waals surface area contributed by atoms with Gasteiger partial charge in [-0.2, -0.15) is 5.10 Å². The molecule has 0 atom stereocenters. The Kier molecular flexibility index (Phi) is 4.35. The molecule has 1 aromatic heterocycles. The van der Waals surface area contributed by atoms with E-state index in [-0.39, 0.29) is 4.90 Å². The van der Waals surface area contributed by atoms with Gasteiger partial charge in [-0.1, -0.05) is 0 Å². The number of hydrogen-bond acceptors (Lipinski definition) is 4. The van der Waals surface area contributed by atoms with Crippen molar-refractivity contribution < 1.29 is 13.2 Å². The third-order valence-electron chi connectivity index (χ3n) is 2.83. The second kappa shape index (κ2) is 5.85. The number of ether oxygens (including phenoxy) is 1. The van der Waals surface area contributed by atoms with Crippen LogP contribution < -0.4 is 4.74 Å². The Labute approximate surface area is 122 Å². The molecule has 0 bridgehead atoms. The summed E-state index contributed by atoms with van der Waals surface area (Å²) in [5.41, 5.74) is 1.51. The van der Waals surface area contributed by atoms with E-state index in [1.54, 1.807) is 25.3 Å². The van der Waals surface area contributed by atoms with Gasteiger partial charge in [0.2, 0.25) is 0 Å². The van der Waals surface area contributed by atoms with E-state index < -0.39 is 9.05 Å². The Morgan fingerprint density at radius 1 is 1.40 bits per heavy atom. The van der Waals surface area contributed by atoms with Crippen molar-refractivity contribution in [2.45, 2.75) is 31.9 Å². The van der Waals surface area contributed by atoms with Crippen LogP contribution in [-0.4, -0.2) is 18.2 Å². The summed E-state index contributed by atoms with van der Waals surface area (Å²) in [7, 11) is 1.61. The fourth-order valence-corrected chi connectivity index (χ4v) is 3.00. The van der Waals surface area contributed by atoms with E-state index in [0.29, 0.717) is 17.9 Å². The Bertz CT molecular complexity index is 710. The molecule has 1 heterocycles. The molecule has 0 aliphatic heterocycles. The van der Waals surface area contributed by atoms with Crippen LogP contribution in [0.5, 0.6) is 5.75 Å². The molecular weight excluding hydrogens is 300 g/mol. The number of hydrogen-bond donors (Lipinski definition) is 0. The number of benzene rings is 1. The Balaban J connectivity index is 2.09. The van der Waals surface area contributed by atoms with Crippen LogP contribution >= 0.6 is 10.7 Å². The van der Waals surface area contributed by atoms with Crippen LogP contribution in [0.4, 0.5) is 0 Å². The average Bonchev–Trinajstić information content (AvgIpc) is 2.83. The van der Waals surface area contributed by atoms with Gasteiger partial charge in [-0.25, -0.2) is 8.42 Å². The first-order chi connectivity index (χ1) is 9.40. The molecule has 0 radical (unpaired) electrons. The van der Waals surface area contributed by atoms with E-state index in [1.807, 2.05) is 17.8 Å². The first kappa shape index (κ1) is 14.9. The molecule has 1 aromatic carbocycles. The molecule has 0 aliphatic rings. The van der Waals surface area contributed by atoms with Crippen molar-refractivity contribution in [2.75, 3.05) is 0 Å². The zero-order chi connectivity index (χ0) is 14.8. The maximum Gasteiger partial charge on any atom is 0.261 e. The zero-order valence-electron chi connectivity index (χ0n) is 11.2. The van der Waals surface area contributed by atoms with E-state index in [0.717, 1.165) is 12.1 Å². The summed E-state index contributed by atoms with van der Waals surface area (Å²) in [6, 6.07) is 4.69. The minimum atomic E-state index is -3.71. The van der Waals surface area contributed by atoms with E-state index in [4.69, 9.17) is 15.4 Å². The standard InChI is InChI=1S/C13H15ClN2O3S/c1-3-16-8-11(7-15-16)9-19-12-4-5-13(10(2)6-12)20(14,17)18/h4-8H,3,9H2,1-2H3. The van der Waals surface area contributed by atoms with Crippen molar-refractivity contribution in [2.24, 2.45) is 0 Å². The fraction of sp³-hybridized carbons (Fsp3) is 0.308. The lowest BCUT2D eigenvalue weighted by Gasteiger charge is -2.07. The Morgan fingerprint density at radius 2 is 2.15 bits per heavy atom. The van der Waals surface area contributed by atoms with E-state index >= 15 is 0 Å². The van der Waals surface area contributed by atoms with Crippen molar-refractivity contribution in [3.05, 3.63) is 41.7 Å². The quantitative estimate of drug-likeness (QED) is 0.796. The SMILES string of the molecule is CCn1cc(COc2ccc(S(=O)(=O)Cl)c(C)c2)cn1. The monoisotopic (exact) mass is 314 g/mol. The van der Waals surface area contributed by atoms with Crippen molar-refractivity contribution >= 4 is 19.7 Å². The molecule has 5 nitrogen and oxygen atoms in total. The maximum absolute atomic E-state index is 11.3. The summed E-state index contributed by atoms with van der Waals surface area (Å²) in [4.78, 5) is 0.102. The van der Waals surface area contributed by atoms with Crippen molar-refractivity contribution in [1.29, 1.82) is 0 Å². The van der Waals surface area contributed by atoms with Crippen LogP contribution in [0.2, 0.25) is 0 Å². The highest BCUT2D eigenvalue weighted by molar-refractivity contribution is 8.13. The molecule has 108 valence electrons. The van der Waals surface area contributed by atoms with Gasteiger partial charge in [-0.05, 0) is 37.6 Å². The first-order valence-corrected chi connectivity index (χ1v) is 8.40. The van der Waals surface area contributed by atoms with Crippen molar-refractivity contribution in [3.63, 3.8) is 0 Å². The minimum Gasteiger partial charge on any atom is -0.489 e. The third-order valence-corrected chi connectivity index (χ3v) is 4.31. The molecule has 2 aromatic rings. The van der Waals surface area contributed by atoms with E-state index in [9.17, 15) is 8.42 Å². The molecule has 2 rings (SSSR count). The number of aryl methyl sites for hydroxylation is 2. The van der Waals surface area contributed by atoms with E-state index in [2.05, 4.69) is 5.10 Å². The summed E-state index contributed by atoms with van der Waals surface area (Å²) in [6.45, 7) is 4.87. The normalized spacial score (nSPS) is 11.6. The smallest absolute Gasteiger partial charge is 0.261 e. The highest BCUT2D eigenvalue weighted by Gasteiger charge is 2.13. The molecule has 0 N–H and O–H groups in total. The molecule has 0 aliphatic carbocycles. The summed E-state index contributed by atoms with van der Waals surface area (Å²) in [5.74, 6) is 0.593. The number of halogens is 1. The minimum absolute atomic E-state index is 0.102. The van der Waals surface area contributed by atoms with Crippen LogP contribution in [-0.2, 0) is 22.2 Å². The molecular formula is C13H15ClN2O3S. The van der Waals surface area contributed by atoms with Gasteiger partial charge in [0.05, 0.1) is 11.1 Å². The molecule has 0 fully saturated rings. The number of nitrogens with zero attached hydrogens (tertiary/aromatic N) is 2. The van der Waals surface area contributed by atoms with Crippen molar-refractivity contribution in [1.82, 2.24) is 9.78 Å². The molecule has 0 saturated carbocycles. The van der Waals surface area contributed by atoms with Gasteiger partial charge in [0.1, 0.15) is 12.4 Å². The molecule has 0 unspecified atom stereocenters. The fourth-order valence-electron chi connectivity index (χ4n) is 1.81. The predicted octanol–water partition coefficient (Wildman–Crippen LogP) is 2.72. The van der Waals surface area contributed by atoms with Crippen LogP contribution in [0.3, 0.4) is 0 Å². The van der Waals surface area contributed by atoms with Gasteiger partial charge < -0.3 is 4.74 Å². The highest BCUT2D eigenvalue weighted by Crippen LogP contribution is 2.24. The van der Waals surface area contributed by atoms with Gasteiger partial charge in [0.25, 0.3) is 9.05 Å². The number of aromatic nitrogens is 2. The lowest BCUT2D eigenvalue weighted by molar-refractivity contribution is 0.305. The third kappa shape index (κ3) is 3.52. The highest BCUT2D eigenvalue weighted by atomic mass is 35.7. The molecule has 0 spiro atoms. The summed E-state index contributed by atoms with van der Waals surface area (Å²) >= 11 is 0. The Morgan fingerprint density at radius 3 is 2.70 bits per heavy atom. The number of rotatable bonds is 5. The van der Waals surface area contributed by atoms with E-state index in [1.165, 1.54) is 6.07 Å². The second-order valence-corrected chi connectivity index (χ2v) is 6.89. The van der Waals surface area contributed by atoms with Crippen LogP contribution in [0.1, 0.15) is 18.1 Å². The van der Waals surface area contributed by atoms with Gasteiger partial charge in [-0.3, -0.25) is 4.68 Å². The Hall–Kier alpha value is -1.53. The summed E-state index contributed by atoms with van der Waals surface area (Å²) < 4.78 is 30.0. The lowest BCUT2D eigenvalue weighted by atomic mass is 10.2. The van der Waals surface area contributed by atoms with Gasteiger partial charge in [-0.15, -0.1) is 0 Å². The zero-order valence-corrected chi connectivity index (χ0v) is 12.8. The molecule has 0 amide bonds.